The van der Waals surface area contributed by atoms with Gasteiger partial charge in [-0.3, -0.25) is 0 Å². The van der Waals surface area contributed by atoms with Gasteiger partial charge in [0, 0.05) is 12.0 Å². The molecule has 1 aromatic carbocycles. The van der Waals surface area contributed by atoms with E-state index in [4.69, 9.17) is 0 Å². The Morgan fingerprint density at radius 3 is 2.62 bits per heavy atom. The first kappa shape index (κ1) is 15.9. The molecule has 0 aromatic heterocycles. The van der Waals surface area contributed by atoms with Crippen molar-refractivity contribution in [3.63, 3.8) is 0 Å². The molecule has 0 spiro atoms. The summed E-state index contributed by atoms with van der Waals surface area (Å²) in [7, 11) is 1.81. The molecule has 1 aliphatic carbocycles. The van der Waals surface area contributed by atoms with E-state index in [9.17, 15) is 13.9 Å². The van der Waals surface area contributed by atoms with Crippen LogP contribution >= 0.6 is 0 Å². The molecule has 0 amide bonds. The Hall–Kier alpha value is -1.53. The van der Waals surface area contributed by atoms with Crippen molar-refractivity contribution in [2.24, 2.45) is 11.1 Å². The molecule has 116 valence electrons. The summed E-state index contributed by atoms with van der Waals surface area (Å²) in [6, 6.07) is 9.15. The number of aliphatic hydroxyl groups is 1. The van der Waals surface area contributed by atoms with E-state index in [-0.39, 0.29) is 12.0 Å². The molecule has 0 bridgehead atoms. The van der Waals surface area contributed by atoms with Crippen LogP contribution in [0.5, 0.6) is 0 Å². The van der Waals surface area contributed by atoms with Crippen molar-refractivity contribution in [3.05, 3.63) is 35.9 Å². The van der Waals surface area contributed by atoms with Crippen LogP contribution in [0.4, 0.5) is 8.78 Å². The third-order valence-corrected chi connectivity index (χ3v) is 3.87. The number of alkyl halides is 2. The molecule has 3 atom stereocenters. The number of halogens is 2. The molecule has 0 heterocycles. The van der Waals surface area contributed by atoms with Crippen molar-refractivity contribution >= 4 is 5.71 Å². The normalized spacial score (nSPS) is 26.9. The standard InChI is InChI=1S/C15H20F2N2O2/c1-18-12-8-7-11(9-13(12)20)14(19-21-15(16)17)10-5-3-2-4-6-10/h2-6,11-13,15,18,20H,7-9H2,1H3/b19-14+/t11-,12+,13+/m0/s1. The van der Waals surface area contributed by atoms with E-state index in [0.29, 0.717) is 12.1 Å². The molecule has 2 N–H and O–H groups in total. The smallest absolute Gasteiger partial charge is 0.391 e. The highest BCUT2D eigenvalue weighted by Gasteiger charge is 2.31. The van der Waals surface area contributed by atoms with Crippen LogP contribution in [0.1, 0.15) is 24.8 Å². The highest BCUT2D eigenvalue weighted by molar-refractivity contribution is 6.02. The number of benzene rings is 1. The molecular formula is C15H20F2N2O2. The second kappa shape index (κ2) is 7.47. The van der Waals surface area contributed by atoms with Crippen LogP contribution in [0.25, 0.3) is 0 Å². The minimum Gasteiger partial charge on any atom is -0.391 e. The van der Waals surface area contributed by atoms with E-state index in [2.05, 4.69) is 15.3 Å². The van der Waals surface area contributed by atoms with Gasteiger partial charge in [0.1, 0.15) is 0 Å². The Labute approximate surface area is 122 Å². The Morgan fingerprint density at radius 1 is 1.33 bits per heavy atom. The number of aliphatic hydroxyl groups excluding tert-OH is 1. The second-order valence-electron chi connectivity index (χ2n) is 5.18. The first-order valence-electron chi connectivity index (χ1n) is 7.04. The molecule has 0 aliphatic heterocycles. The topological polar surface area (TPSA) is 53.9 Å². The molecular weight excluding hydrogens is 278 g/mol. The largest absolute Gasteiger partial charge is 0.407 e. The van der Waals surface area contributed by atoms with Crippen molar-refractivity contribution in [3.8, 4) is 0 Å². The first-order valence-corrected chi connectivity index (χ1v) is 7.04. The van der Waals surface area contributed by atoms with Gasteiger partial charge in [0.05, 0.1) is 11.8 Å². The number of nitrogens with zero attached hydrogens (tertiary/aromatic N) is 1. The fraction of sp³-hybridized carbons (Fsp3) is 0.533. The van der Waals surface area contributed by atoms with Gasteiger partial charge in [0.2, 0.25) is 0 Å². The average Bonchev–Trinajstić information content (AvgIpc) is 2.48. The van der Waals surface area contributed by atoms with Crippen LogP contribution in [-0.4, -0.2) is 36.6 Å². The Bertz CT molecular complexity index is 468. The van der Waals surface area contributed by atoms with Crippen LogP contribution in [0.3, 0.4) is 0 Å². The van der Waals surface area contributed by atoms with Gasteiger partial charge in [-0.1, -0.05) is 35.5 Å². The zero-order chi connectivity index (χ0) is 15.2. The average molecular weight is 298 g/mol. The molecule has 1 fully saturated rings. The van der Waals surface area contributed by atoms with Gasteiger partial charge < -0.3 is 15.3 Å². The zero-order valence-corrected chi connectivity index (χ0v) is 11.9. The summed E-state index contributed by atoms with van der Waals surface area (Å²) in [5.74, 6) is -0.0919. The van der Waals surface area contributed by atoms with E-state index in [1.54, 1.807) is 7.05 Å². The minimum absolute atomic E-state index is 0.0364. The Kier molecular flexibility index (Phi) is 5.64. The molecule has 0 unspecified atom stereocenters. The van der Waals surface area contributed by atoms with Gasteiger partial charge in [-0.15, -0.1) is 0 Å². The van der Waals surface area contributed by atoms with E-state index >= 15 is 0 Å². The number of oxime groups is 1. The molecule has 4 nitrogen and oxygen atoms in total. The van der Waals surface area contributed by atoms with Crippen molar-refractivity contribution < 1.29 is 18.7 Å². The molecule has 6 heteroatoms. The van der Waals surface area contributed by atoms with Crippen LogP contribution < -0.4 is 5.32 Å². The minimum atomic E-state index is -2.94. The van der Waals surface area contributed by atoms with E-state index < -0.39 is 12.7 Å². The number of nitrogens with one attached hydrogen (secondary N) is 1. The van der Waals surface area contributed by atoms with Gasteiger partial charge >= 0.3 is 6.61 Å². The summed E-state index contributed by atoms with van der Waals surface area (Å²) in [6.45, 7) is -2.94. The van der Waals surface area contributed by atoms with Crippen molar-refractivity contribution in [2.45, 2.75) is 38.0 Å². The third kappa shape index (κ3) is 4.22. The number of rotatable bonds is 5. The lowest BCUT2D eigenvalue weighted by Crippen LogP contribution is -2.44. The zero-order valence-electron chi connectivity index (χ0n) is 11.9. The maximum atomic E-state index is 12.3. The summed E-state index contributed by atoms with van der Waals surface area (Å²) in [5, 5.41) is 16.8. The molecule has 1 aliphatic rings. The maximum Gasteiger partial charge on any atom is 0.407 e. The maximum absolute atomic E-state index is 12.3. The van der Waals surface area contributed by atoms with Crippen LogP contribution in [-0.2, 0) is 4.84 Å². The number of likely N-dealkylation sites (N-methyl/N-ethyl adjacent to an activating group) is 1. The highest BCUT2D eigenvalue weighted by Crippen LogP contribution is 2.28. The molecule has 0 saturated heterocycles. The molecule has 21 heavy (non-hydrogen) atoms. The van der Waals surface area contributed by atoms with Gasteiger partial charge in [0.15, 0.2) is 0 Å². The van der Waals surface area contributed by atoms with Gasteiger partial charge in [-0.05, 0) is 31.9 Å². The lowest BCUT2D eigenvalue weighted by molar-refractivity contribution is -0.128. The van der Waals surface area contributed by atoms with Crippen LogP contribution in [0.15, 0.2) is 35.5 Å². The van der Waals surface area contributed by atoms with Crippen LogP contribution in [0.2, 0.25) is 0 Å². The predicted molar refractivity (Wildman–Crippen MR) is 76.3 cm³/mol. The molecule has 0 radical (unpaired) electrons. The third-order valence-electron chi connectivity index (χ3n) is 3.87. The molecule has 1 saturated carbocycles. The van der Waals surface area contributed by atoms with E-state index in [0.717, 1.165) is 18.4 Å². The second-order valence-corrected chi connectivity index (χ2v) is 5.18. The van der Waals surface area contributed by atoms with Gasteiger partial charge in [-0.2, -0.15) is 8.78 Å². The highest BCUT2D eigenvalue weighted by atomic mass is 19.3. The van der Waals surface area contributed by atoms with Crippen LogP contribution in [0, 0.1) is 5.92 Å². The summed E-state index contributed by atoms with van der Waals surface area (Å²) < 4.78 is 24.6. The van der Waals surface area contributed by atoms with Crippen molar-refractivity contribution in [1.29, 1.82) is 0 Å². The summed E-state index contributed by atoms with van der Waals surface area (Å²) in [4.78, 5) is 4.16. The van der Waals surface area contributed by atoms with Gasteiger partial charge in [-0.25, -0.2) is 0 Å². The SMILES string of the molecule is CN[C@@H]1CC[C@H](/C(=N/OC(F)F)c2ccccc2)C[C@H]1O. The summed E-state index contributed by atoms with van der Waals surface area (Å²) in [6.07, 6.45) is 1.49. The summed E-state index contributed by atoms with van der Waals surface area (Å²) in [5.41, 5.74) is 1.22. The Balaban J connectivity index is 2.18. The Morgan fingerprint density at radius 2 is 2.05 bits per heavy atom. The fourth-order valence-electron chi connectivity index (χ4n) is 2.80. The van der Waals surface area contributed by atoms with E-state index in [1.165, 1.54) is 0 Å². The van der Waals surface area contributed by atoms with Crippen molar-refractivity contribution in [2.75, 3.05) is 7.05 Å². The van der Waals surface area contributed by atoms with E-state index in [1.807, 2.05) is 30.3 Å². The number of hydrogen-bond acceptors (Lipinski definition) is 4. The monoisotopic (exact) mass is 298 g/mol. The molecule has 1 aromatic rings. The molecule has 2 rings (SSSR count). The lowest BCUT2D eigenvalue weighted by atomic mass is 9.79. The predicted octanol–water partition coefficient (Wildman–Crippen LogP) is 2.38. The van der Waals surface area contributed by atoms with Crippen molar-refractivity contribution in [1.82, 2.24) is 5.32 Å². The van der Waals surface area contributed by atoms with Gasteiger partial charge in [0.25, 0.3) is 0 Å². The number of hydrogen-bond donors (Lipinski definition) is 2. The summed E-state index contributed by atoms with van der Waals surface area (Å²) >= 11 is 0. The lowest BCUT2D eigenvalue weighted by Gasteiger charge is -2.33. The quantitative estimate of drug-likeness (QED) is 0.648. The fourth-order valence-corrected chi connectivity index (χ4v) is 2.80. The first-order chi connectivity index (χ1) is 10.1.